The highest BCUT2D eigenvalue weighted by atomic mass is 16.5. The quantitative estimate of drug-likeness (QED) is 0.829. The van der Waals surface area contributed by atoms with Crippen molar-refractivity contribution in [3.63, 3.8) is 0 Å². The van der Waals surface area contributed by atoms with Crippen molar-refractivity contribution in [3.8, 4) is 5.75 Å². The number of methoxy groups -OCH3 is 1. The highest BCUT2D eigenvalue weighted by molar-refractivity contribution is 5.45. The van der Waals surface area contributed by atoms with Gasteiger partial charge in [0.05, 0.1) is 7.11 Å². The summed E-state index contributed by atoms with van der Waals surface area (Å²) in [7, 11) is 4.15. The van der Waals surface area contributed by atoms with Gasteiger partial charge in [0.2, 0.25) is 0 Å². The van der Waals surface area contributed by atoms with Gasteiger partial charge in [-0.15, -0.1) is 0 Å². The molecule has 1 heterocycles. The number of rotatable bonds is 3. The summed E-state index contributed by atoms with van der Waals surface area (Å²) in [5.41, 5.74) is 3.37. The molecule has 0 spiro atoms. The second-order valence-electron chi connectivity index (χ2n) is 7.38. The largest absolute Gasteiger partial charge is 0.496 e. The van der Waals surface area contributed by atoms with Gasteiger partial charge in [0.25, 0.3) is 0 Å². The molecule has 114 valence electrons. The second kappa shape index (κ2) is 5.01. The number of likely N-dealkylation sites (tertiary alicyclic amines) is 1. The second-order valence-corrected chi connectivity index (χ2v) is 7.38. The van der Waals surface area contributed by atoms with Gasteiger partial charge in [0, 0.05) is 11.5 Å². The van der Waals surface area contributed by atoms with Crippen molar-refractivity contribution < 1.29 is 4.74 Å². The van der Waals surface area contributed by atoms with Crippen LogP contribution < -0.4 is 4.74 Å². The van der Waals surface area contributed by atoms with Crippen molar-refractivity contribution in [2.24, 2.45) is 0 Å². The molecule has 2 aliphatic carbocycles. The molecule has 0 bridgehead atoms. The van der Waals surface area contributed by atoms with Crippen molar-refractivity contribution in [1.29, 1.82) is 0 Å². The first-order valence-corrected chi connectivity index (χ1v) is 8.63. The van der Waals surface area contributed by atoms with Crippen LogP contribution >= 0.6 is 0 Å². The molecule has 4 rings (SSSR count). The smallest absolute Gasteiger partial charge is 0.122 e. The fourth-order valence-electron chi connectivity index (χ4n) is 4.92. The van der Waals surface area contributed by atoms with Crippen LogP contribution in [-0.2, 0) is 5.41 Å². The van der Waals surface area contributed by atoms with Crippen molar-refractivity contribution in [2.45, 2.75) is 62.3 Å². The number of fused-ring (bicyclic) bond motifs is 1. The van der Waals surface area contributed by atoms with Crippen molar-refractivity contribution >= 4 is 0 Å². The minimum Gasteiger partial charge on any atom is -0.496 e. The minimum absolute atomic E-state index is 0.391. The van der Waals surface area contributed by atoms with E-state index in [0.29, 0.717) is 5.41 Å². The van der Waals surface area contributed by atoms with E-state index in [0.717, 1.165) is 17.7 Å². The molecule has 2 nitrogen and oxygen atoms in total. The first kappa shape index (κ1) is 13.6. The normalized spacial score (nSPS) is 33.0. The maximum Gasteiger partial charge on any atom is 0.122 e. The van der Waals surface area contributed by atoms with Gasteiger partial charge in [-0.3, -0.25) is 0 Å². The zero-order valence-electron chi connectivity index (χ0n) is 13.4. The van der Waals surface area contributed by atoms with E-state index in [1.165, 1.54) is 62.6 Å². The zero-order valence-corrected chi connectivity index (χ0v) is 13.4. The van der Waals surface area contributed by atoms with Crippen LogP contribution in [0.3, 0.4) is 0 Å². The molecule has 0 amide bonds. The Morgan fingerprint density at radius 1 is 1.14 bits per heavy atom. The van der Waals surface area contributed by atoms with E-state index < -0.39 is 0 Å². The lowest BCUT2D eigenvalue weighted by molar-refractivity contribution is 0.181. The van der Waals surface area contributed by atoms with E-state index in [1.54, 1.807) is 0 Å². The molecular formula is C19H27NO. The standard InChI is InChI=1S/C19H27NO/c1-20-12-11-19(10-4-3-5-18(19)20)15-8-9-16(14-6-7-14)17(13-15)21-2/h8-9,13-14,18H,3-7,10-12H2,1-2H3. The summed E-state index contributed by atoms with van der Waals surface area (Å²) in [5.74, 6) is 1.91. The van der Waals surface area contributed by atoms with Crippen LogP contribution in [-0.4, -0.2) is 31.6 Å². The Morgan fingerprint density at radius 3 is 2.76 bits per heavy atom. The molecule has 0 radical (unpaired) electrons. The summed E-state index contributed by atoms with van der Waals surface area (Å²) >= 11 is 0. The molecule has 3 fully saturated rings. The van der Waals surface area contributed by atoms with Crippen LogP contribution in [0.15, 0.2) is 18.2 Å². The number of benzene rings is 1. The van der Waals surface area contributed by atoms with E-state index in [1.807, 2.05) is 7.11 Å². The summed E-state index contributed by atoms with van der Waals surface area (Å²) in [6.07, 6.45) is 9.50. The summed E-state index contributed by atoms with van der Waals surface area (Å²) in [4.78, 5) is 2.60. The third-order valence-corrected chi connectivity index (χ3v) is 6.26. The molecule has 2 heteroatoms. The lowest BCUT2D eigenvalue weighted by Crippen LogP contribution is -2.43. The molecule has 1 aliphatic heterocycles. The fraction of sp³-hybridized carbons (Fsp3) is 0.684. The highest BCUT2D eigenvalue weighted by Gasteiger charge is 2.48. The Morgan fingerprint density at radius 2 is 2.00 bits per heavy atom. The zero-order chi connectivity index (χ0) is 14.4. The summed E-state index contributed by atoms with van der Waals surface area (Å²) < 4.78 is 5.74. The predicted octanol–water partition coefficient (Wildman–Crippen LogP) is 4.09. The molecule has 1 saturated heterocycles. The van der Waals surface area contributed by atoms with E-state index >= 15 is 0 Å². The van der Waals surface area contributed by atoms with Gasteiger partial charge in [-0.1, -0.05) is 25.0 Å². The van der Waals surface area contributed by atoms with Gasteiger partial charge in [0.1, 0.15) is 5.75 Å². The molecular weight excluding hydrogens is 258 g/mol. The molecule has 1 aromatic carbocycles. The summed E-state index contributed by atoms with van der Waals surface area (Å²) in [6.45, 7) is 1.25. The van der Waals surface area contributed by atoms with E-state index in [9.17, 15) is 0 Å². The van der Waals surface area contributed by atoms with Gasteiger partial charge in [-0.05, 0) is 68.8 Å². The van der Waals surface area contributed by atoms with Gasteiger partial charge in [-0.25, -0.2) is 0 Å². The Hall–Kier alpha value is -1.02. The molecule has 1 aromatic rings. The van der Waals surface area contributed by atoms with Crippen LogP contribution in [0.1, 0.15) is 62.0 Å². The van der Waals surface area contributed by atoms with Crippen LogP contribution in [0.5, 0.6) is 5.75 Å². The topological polar surface area (TPSA) is 12.5 Å². The maximum atomic E-state index is 5.74. The highest BCUT2D eigenvalue weighted by Crippen LogP contribution is 2.51. The molecule has 3 aliphatic rings. The molecule has 2 atom stereocenters. The van der Waals surface area contributed by atoms with E-state index in [-0.39, 0.29) is 0 Å². The van der Waals surface area contributed by atoms with E-state index in [2.05, 4.69) is 30.1 Å². The Labute approximate surface area is 128 Å². The van der Waals surface area contributed by atoms with Crippen LogP contribution in [0.2, 0.25) is 0 Å². The number of likely N-dealkylation sites (N-methyl/N-ethyl adjacent to an activating group) is 1. The lowest BCUT2D eigenvalue weighted by Gasteiger charge is -2.42. The molecule has 21 heavy (non-hydrogen) atoms. The first-order chi connectivity index (χ1) is 10.2. The van der Waals surface area contributed by atoms with Gasteiger partial charge in [0.15, 0.2) is 0 Å². The Bertz CT molecular complexity index is 532. The number of hydrogen-bond acceptors (Lipinski definition) is 2. The lowest BCUT2D eigenvalue weighted by atomic mass is 9.66. The average molecular weight is 285 g/mol. The van der Waals surface area contributed by atoms with Gasteiger partial charge < -0.3 is 9.64 Å². The fourth-order valence-corrected chi connectivity index (χ4v) is 4.92. The average Bonchev–Trinajstić information content (AvgIpc) is 3.32. The molecule has 0 N–H and O–H groups in total. The summed E-state index contributed by atoms with van der Waals surface area (Å²) in [6, 6.07) is 7.91. The maximum absolute atomic E-state index is 5.74. The summed E-state index contributed by atoms with van der Waals surface area (Å²) in [5, 5.41) is 0. The third-order valence-electron chi connectivity index (χ3n) is 6.26. The van der Waals surface area contributed by atoms with Crippen LogP contribution in [0, 0.1) is 0 Å². The van der Waals surface area contributed by atoms with Crippen LogP contribution in [0.25, 0.3) is 0 Å². The third kappa shape index (κ3) is 2.11. The minimum atomic E-state index is 0.391. The van der Waals surface area contributed by atoms with Gasteiger partial charge >= 0.3 is 0 Å². The monoisotopic (exact) mass is 285 g/mol. The first-order valence-electron chi connectivity index (χ1n) is 8.63. The Kier molecular flexibility index (Phi) is 3.25. The Balaban J connectivity index is 1.74. The molecule has 2 unspecified atom stereocenters. The van der Waals surface area contributed by atoms with Crippen molar-refractivity contribution in [2.75, 3.05) is 20.7 Å². The number of nitrogens with zero attached hydrogens (tertiary/aromatic N) is 1. The predicted molar refractivity (Wildman–Crippen MR) is 86.2 cm³/mol. The van der Waals surface area contributed by atoms with Crippen molar-refractivity contribution in [3.05, 3.63) is 29.3 Å². The van der Waals surface area contributed by atoms with Crippen LogP contribution in [0.4, 0.5) is 0 Å². The SMILES string of the molecule is COc1cc(C23CCCCC2N(C)CC3)ccc1C1CC1. The number of hydrogen-bond donors (Lipinski definition) is 0. The number of ether oxygens (including phenoxy) is 1. The molecule has 0 aromatic heterocycles. The van der Waals surface area contributed by atoms with E-state index in [4.69, 9.17) is 4.74 Å². The van der Waals surface area contributed by atoms with Gasteiger partial charge in [-0.2, -0.15) is 0 Å². The van der Waals surface area contributed by atoms with Crippen molar-refractivity contribution in [1.82, 2.24) is 4.90 Å². The molecule has 2 saturated carbocycles.